The van der Waals surface area contributed by atoms with E-state index in [0.29, 0.717) is 19.6 Å². The molecule has 0 aromatic carbocycles. The molecule has 0 fully saturated rings. The molecule has 0 aliphatic rings. The zero-order valence-corrected chi connectivity index (χ0v) is 12.0. The molecule has 0 unspecified atom stereocenters. The van der Waals surface area contributed by atoms with Crippen molar-refractivity contribution in [2.24, 2.45) is 0 Å². The first kappa shape index (κ1) is 14.2. The molecule has 1 N–H and O–H groups in total. The number of rotatable bonds is 5. The molecule has 2 rings (SSSR count). The fourth-order valence-corrected chi connectivity index (χ4v) is 1.76. The molecular weight excluding hydrogens is 254 g/mol. The van der Waals surface area contributed by atoms with Gasteiger partial charge in [-0.1, -0.05) is 11.1 Å². The second-order valence-corrected chi connectivity index (χ2v) is 5.64. The second kappa shape index (κ2) is 5.84. The molecule has 2 heterocycles. The summed E-state index contributed by atoms with van der Waals surface area (Å²) in [6.45, 7) is 8.03. The molecule has 0 amide bonds. The third kappa shape index (κ3) is 3.65. The standard InChI is InChI=1S/C13H19N7/c1-5-6-19(8-11-7-14-17-15-11)9-12-10-20(18-16-12)13(2,3)4/h1,7,10H,6,8-9H2,2-4H3,(H,14,15,17). The average Bonchev–Trinajstić information content (AvgIpc) is 2.99. The van der Waals surface area contributed by atoms with Crippen LogP contribution in [0.5, 0.6) is 0 Å². The van der Waals surface area contributed by atoms with Crippen LogP contribution in [0.15, 0.2) is 12.4 Å². The molecule has 0 saturated carbocycles. The van der Waals surface area contributed by atoms with Gasteiger partial charge in [-0.2, -0.15) is 15.4 Å². The Balaban J connectivity index is 2.04. The Morgan fingerprint density at radius 3 is 2.65 bits per heavy atom. The van der Waals surface area contributed by atoms with Gasteiger partial charge in [0, 0.05) is 13.1 Å². The van der Waals surface area contributed by atoms with Crippen LogP contribution in [0.1, 0.15) is 32.2 Å². The van der Waals surface area contributed by atoms with Gasteiger partial charge in [0.2, 0.25) is 0 Å². The molecule has 0 bridgehead atoms. The molecule has 0 aliphatic carbocycles. The number of hydrogen-bond donors (Lipinski definition) is 1. The number of terminal acetylenes is 1. The highest BCUT2D eigenvalue weighted by molar-refractivity contribution is 4.99. The minimum absolute atomic E-state index is 0.0751. The van der Waals surface area contributed by atoms with E-state index in [2.05, 4.69) is 57.3 Å². The van der Waals surface area contributed by atoms with E-state index in [0.717, 1.165) is 11.4 Å². The molecule has 0 radical (unpaired) electrons. The molecule has 7 nitrogen and oxygen atoms in total. The number of aromatic nitrogens is 6. The van der Waals surface area contributed by atoms with E-state index in [4.69, 9.17) is 6.42 Å². The van der Waals surface area contributed by atoms with Gasteiger partial charge in [0.1, 0.15) is 0 Å². The van der Waals surface area contributed by atoms with Gasteiger partial charge in [-0.15, -0.1) is 11.5 Å². The number of nitrogens with one attached hydrogen (secondary N) is 1. The van der Waals surface area contributed by atoms with Crippen molar-refractivity contribution in [1.82, 2.24) is 35.3 Å². The van der Waals surface area contributed by atoms with Gasteiger partial charge in [0.05, 0.1) is 35.9 Å². The lowest BCUT2D eigenvalue weighted by Gasteiger charge is -2.18. The first-order valence-electron chi connectivity index (χ1n) is 6.41. The molecule has 0 saturated heterocycles. The second-order valence-electron chi connectivity index (χ2n) is 5.64. The van der Waals surface area contributed by atoms with Gasteiger partial charge in [-0.25, -0.2) is 4.68 Å². The van der Waals surface area contributed by atoms with E-state index in [-0.39, 0.29) is 5.54 Å². The molecule has 0 atom stereocenters. The Hall–Kier alpha value is -2.20. The summed E-state index contributed by atoms with van der Waals surface area (Å²) >= 11 is 0. The zero-order chi connectivity index (χ0) is 14.6. The third-order valence-electron chi connectivity index (χ3n) is 2.78. The number of H-pyrrole nitrogens is 1. The maximum atomic E-state index is 5.41. The minimum Gasteiger partial charge on any atom is -0.280 e. The van der Waals surface area contributed by atoms with Crippen molar-refractivity contribution in [1.29, 1.82) is 0 Å². The van der Waals surface area contributed by atoms with Crippen LogP contribution in [0.3, 0.4) is 0 Å². The van der Waals surface area contributed by atoms with Crippen molar-refractivity contribution in [2.45, 2.75) is 39.4 Å². The van der Waals surface area contributed by atoms with Gasteiger partial charge in [0.15, 0.2) is 0 Å². The van der Waals surface area contributed by atoms with Crippen molar-refractivity contribution in [3.05, 3.63) is 23.8 Å². The Morgan fingerprint density at radius 1 is 1.35 bits per heavy atom. The fourth-order valence-electron chi connectivity index (χ4n) is 1.76. The zero-order valence-electron chi connectivity index (χ0n) is 12.0. The van der Waals surface area contributed by atoms with Crippen LogP contribution in [0.2, 0.25) is 0 Å². The highest BCUT2D eigenvalue weighted by atomic mass is 15.4. The summed E-state index contributed by atoms with van der Waals surface area (Å²) in [5, 5.41) is 18.8. The predicted molar refractivity (Wildman–Crippen MR) is 74.3 cm³/mol. The van der Waals surface area contributed by atoms with E-state index in [1.54, 1.807) is 6.20 Å². The topological polar surface area (TPSA) is 75.5 Å². The first-order chi connectivity index (χ1) is 9.49. The monoisotopic (exact) mass is 273 g/mol. The molecular formula is C13H19N7. The van der Waals surface area contributed by atoms with Gasteiger partial charge in [-0.05, 0) is 20.8 Å². The summed E-state index contributed by atoms with van der Waals surface area (Å²) in [4.78, 5) is 2.06. The maximum absolute atomic E-state index is 5.41. The van der Waals surface area contributed by atoms with Crippen LogP contribution in [0.25, 0.3) is 0 Å². The van der Waals surface area contributed by atoms with Crippen LogP contribution in [0, 0.1) is 12.3 Å². The number of nitrogens with zero attached hydrogens (tertiary/aromatic N) is 6. The van der Waals surface area contributed by atoms with E-state index in [9.17, 15) is 0 Å². The van der Waals surface area contributed by atoms with Crippen LogP contribution in [-0.2, 0) is 18.6 Å². The van der Waals surface area contributed by atoms with Crippen molar-refractivity contribution >= 4 is 0 Å². The summed E-state index contributed by atoms with van der Waals surface area (Å²) in [5.41, 5.74) is 1.66. The van der Waals surface area contributed by atoms with Crippen molar-refractivity contribution in [3.63, 3.8) is 0 Å². The van der Waals surface area contributed by atoms with E-state index in [1.807, 2.05) is 10.9 Å². The fraction of sp³-hybridized carbons (Fsp3) is 0.538. The summed E-state index contributed by atoms with van der Waals surface area (Å²) in [5.74, 6) is 2.65. The van der Waals surface area contributed by atoms with Gasteiger partial charge < -0.3 is 0 Å². The van der Waals surface area contributed by atoms with Crippen LogP contribution >= 0.6 is 0 Å². The highest BCUT2D eigenvalue weighted by Crippen LogP contribution is 2.13. The lowest BCUT2D eigenvalue weighted by atomic mass is 10.1. The van der Waals surface area contributed by atoms with Crippen LogP contribution in [-0.4, -0.2) is 41.8 Å². The number of hydrogen-bond acceptors (Lipinski definition) is 5. The lowest BCUT2D eigenvalue weighted by Crippen LogP contribution is -2.24. The molecule has 106 valence electrons. The summed E-state index contributed by atoms with van der Waals surface area (Å²) in [7, 11) is 0. The van der Waals surface area contributed by atoms with Gasteiger partial charge >= 0.3 is 0 Å². The normalized spacial score (nSPS) is 11.8. The van der Waals surface area contributed by atoms with Crippen LogP contribution < -0.4 is 0 Å². The molecule has 7 heteroatoms. The smallest absolute Gasteiger partial charge is 0.0967 e. The van der Waals surface area contributed by atoms with Crippen molar-refractivity contribution < 1.29 is 0 Å². The maximum Gasteiger partial charge on any atom is 0.0967 e. The Labute approximate surface area is 118 Å². The van der Waals surface area contributed by atoms with Gasteiger partial charge in [0.25, 0.3) is 0 Å². The van der Waals surface area contributed by atoms with E-state index in [1.165, 1.54) is 0 Å². The molecule has 2 aromatic rings. The summed E-state index contributed by atoms with van der Waals surface area (Å²) in [6, 6.07) is 0. The first-order valence-corrected chi connectivity index (χ1v) is 6.41. The highest BCUT2D eigenvalue weighted by Gasteiger charge is 2.16. The quantitative estimate of drug-likeness (QED) is 0.815. The summed E-state index contributed by atoms with van der Waals surface area (Å²) in [6.07, 6.45) is 9.05. The minimum atomic E-state index is -0.0751. The summed E-state index contributed by atoms with van der Waals surface area (Å²) < 4.78 is 1.85. The molecule has 20 heavy (non-hydrogen) atoms. The van der Waals surface area contributed by atoms with Gasteiger partial charge in [-0.3, -0.25) is 4.90 Å². The average molecular weight is 273 g/mol. The third-order valence-corrected chi connectivity index (χ3v) is 2.78. The molecule has 0 aliphatic heterocycles. The Kier molecular flexibility index (Phi) is 4.15. The Morgan fingerprint density at radius 2 is 2.10 bits per heavy atom. The van der Waals surface area contributed by atoms with Crippen molar-refractivity contribution in [3.8, 4) is 12.3 Å². The number of aromatic amines is 1. The molecule has 0 spiro atoms. The van der Waals surface area contributed by atoms with Crippen molar-refractivity contribution in [2.75, 3.05) is 6.54 Å². The SMILES string of the molecule is C#CCN(Cc1cn(C(C)(C)C)nn1)Cc1cn[nH]n1. The Bertz CT molecular complexity index is 571. The molecule has 2 aromatic heterocycles. The van der Waals surface area contributed by atoms with E-state index >= 15 is 0 Å². The van der Waals surface area contributed by atoms with Crippen LogP contribution in [0.4, 0.5) is 0 Å². The lowest BCUT2D eigenvalue weighted by molar-refractivity contribution is 0.283. The predicted octanol–water partition coefficient (Wildman–Crippen LogP) is 0.787. The largest absolute Gasteiger partial charge is 0.280 e. The van der Waals surface area contributed by atoms with E-state index < -0.39 is 0 Å².